The van der Waals surface area contributed by atoms with Gasteiger partial charge in [-0.1, -0.05) is 6.58 Å². The van der Waals surface area contributed by atoms with E-state index >= 15 is 0 Å². The summed E-state index contributed by atoms with van der Waals surface area (Å²) in [5, 5.41) is 13.8. The number of piperazine rings is 1. The van der Waals surface area contributed by atoms with Crippen LogP contribution in [0.5, 0.6) is 0 Å². The van der Waals surface area contributed by atoms with Crippen LogP contribution in [0.2, 0.25) is 0 Å². The van der Waals surface area contributed by atoms with E-state index in [0.717, 1.165) is 48.4 Å². The van der Waals surface area contributed by atoms with Crippen molar-refractivity contribution in [1.82, 2.24) is 25.1 Å². The summed E-state index contributed by atoms with van der Waals surface area (Å²) in [5.74, 6) is 2.14. The molecule has 1 aromatic carbocycles. The SMILES string of the molecule is C=CC(=O)Nc1ccc(Sc2nc(Nc3cc(C)n[nH]3)cc(N3CCN(C)CC3)n2)cc1. The van der Waals surface area contributed by atoms with Crippen LogP contribution in [-0.4, -0.2) is 64.2 Å². The number of aromatic amines is 1. The van der Waals surface area contributed by atoms with Crippen molar-refractivity contribution in [2.24, 2.45) is 0 Å². The third-order valence-corrected chi connectivity index (χ3v) is 5.88. The number of hydrogen-bond donors (Lipinski definition) is 3. The zero-order chi connectivity index (χ0) is 22.5. The van der Waals surface area contributed by atoms with Crippen LogP contribution < -0.4 is 15.5 Å². The summed E-state index contributed by atoms with van der Waals surface area (Å²) in [7, 11) is 2.13. The largest absolute Gasteiger partial charge is 0.354 e. The molecular weight excluding hydrogens is 424 g/mol. The quantitative estimate of drug-likeness (QED) is 0.372. The number of amides is 1. The first-order valence-corrected chi connectivity index (χ1v) is 11.1. The zero-order valence-electron chi connectivity index (χ0n) is 18.1. The van der Waals surface area contributed by atoms with Gasteiger partial charge in [-0.05, 0) is 56.1 Å². The van der Waals surface area contributed by atoms with E-state index in [2.05, 4.69) is 44.3 Å². The number of aromatic nitrogens is 4. The highest BCUT2D eigenvalue weighted by atomic mass is 32.2. The lowest BCUT2D eigenvalue weighted by molar-refractivity contribution is -0.111. The number of aryl methyl sites for hydroxylation is 1. The fourth-order valence-electron chi connectivity index (χ4n) is 3.25. The van der Waals surface area contributed by atoms with Gasteiger partial charge in [0.05, 0.1) is 5.69 Å². The van der Waals surface area contributed by atoms with Gasteiger partial charge in [0.2, 0.25) is 5.91 Å². The zero-order valence-corrected chi connectivity index (χ0v) is 18.9. The molecule has 0 spiro atoms. The summed E-state index contributed by atoms with van der Waals surface area (Å²) >= 11 is 1.47. The molecule has 166 valence electrons. The van der Waals surface area contributed by atoms with Gasteiger partial charge >= 0.3 is 0 Å². The molecule has 0 atom stereocenters. The molecule has 0 bridgehead atoms. The number of nitrogens with zero attached hydrogens (tertiary/aromatic N) is 5. The van der Waals surface area contributed by atoms with E-state index in [9.17, 15) is 4.79 Å². The molecule has 0 saturated carbocycles. The lowest BCUT2D eigenvalue weighted by atomic mass is 10.3. The number of rotatable bonds is 7. The Bertz CT molecular complexity index is 1090. The number of hydrogen-bond acceptors (Lipinski definition) is 8. The standard InChI is InChI=1S/C22H26N8OS/c1-4-21(31)23-16-5-7-17(8-6-16)32-22-25-18(24-19-13-15(2)27-28-19)14-20(26-22)30-11-9-29(3)10-12-30/h4-8,13-14H,1,9-12H2,2-3H3,(H,23,31)(H2,24,25,26,27,28). The van der Waals surface area contributed by atoms with Crippen LogP contribution in [0.4, 0.5) is 23.1 Å². The molecule has 10 heteroatoms. The van der Waals surface area contributed by atoms with Crippen LogP contribution in [0.15, 0.2) is 59.1 Å². The van der Waals surface area contributed by atoms with Crippen LogP contribution in [0.1, 0.15) is 5.69 Å². The second-order valence-corrected chi connectivity index (χ2v) is 8.59. The minimum absolute atomic E-state index is 0.238. The molecule has 3 heterocycles. The predicted molar refractivity (Wildman–Crippen MR) is 128 cm³/mol. The third kappa shape index (κ3) is 5.65. The Kier molecular flexibility index (Phi) is 6.72. The maximum atomic E-state index is 11.5. The Morgan fingerprint density at radius 1 is 1.16 bits per heavy atom. The molecule has 32 heavy (non-hydrogen) atoms. The average molecular weight is 451 g/mol. The van der Waals surface area contributed by atoms with Crippen molar-refractivity contribution >= 4 is 40.8 Å². The van der Waals surface area contributed by atoms with Crippen LogP contribution in [0.3, 0.4) is 0 Å². The Morgan fingerprint density at radius 2 is 1.91 bits per heavy atom. The Balaban J connectivity index is 1.56. The number of nitrogens with one attached hydrogen (secondary N) is 3. The van der Waals surface area contributed by atoms with Crippen molar-refractivity contribution in [2.45, 2.75) is 17.0 Å². The molecule has 0 radical (unpaired) electrons. The molecule has 3 aromatic rings. The van der Waals surface area contributed by atoms with Gasteiger partial charge in [0.1, 0.15) is 17.5 Å². The second-order valence-electron chi connectivity index (χ2n) is 7.55. The van der Waals surface area contributed by atoms with E-state index in [1.165, 1.54) is 17.8 Å². The third-order valence-electron chi connectivity index (χ3n) is 5.00. The highest BCUT2D eigenvalue weighted by Gasteiger charge is 2.18. The summed E-state index contributed by atoms with van der Waals surface area (Å²) in [6.45, 7) is 9.21. The molecule has 3 N–H and O–H groups in total. The summed E-state index contributed by atoms with van der Waals surface area (Å²) in [4.78, 5) is 26.6. The van der Waals surface area contributed by atoms with Gasteiger partial charge in [0, 0.05) is 48.9 Å². The molecule has 0 unspecified atom stereocenters. The minimum Gasteiger partial charge on any atom is -0.354 e. The Labute approximate surface area is 191 Å². The first-order chi connectivity index (χ1) is 15.5. The molecule has 4 rings (SSSR count). The number of carbonyl (C=O) groups is 1. The lowest BCUT2D eigenvalue weighted by Gasteiger charge is -2.33. The van der Waals surface area contributed by atoms with Crippen molar-refractivity contribution < 1.29 is 4.79 Å². The van der Waals surface area contributed by atoms with Gasteiger partial charge in [-0.2, -0.15) is 5.10 Å². The second kappa shape index (κ2) is 9.84. The number of benzene rings is 1. The van der Waals surface area contributed by atoms with Crippen molar-refractivity contribution in [3.05, 3.63) is 54.7 Å². The van der Waals surface area contributed by atoms with Gasteiger partial charge in [-0.15, -0.1) is 0 Å². The van der Waals surface area contributed by atoms with Gasteiger partial charge in [-0.25, -0.2) is 9.97 Å². The Morgan fingerprint density at radius 3 is 2.56 bits per heavy atom. The van der Waals surface area contributed by atoms with Crippen LogP contribution in [-0.2, 0) is 4.79 Å². The fraction of sp³-hybridized carbons (Fsp3) is 0.273. The predicted octanol–water partition coefficient (Wildman–Crippen LogP) is 3.28. The van der Waals surface area contributed by atoms with E-state index in [4.69, 9.17) is 9.97 Å². The summed E-state index contributed by atoms with van der Waals surface area (Å²) in [5.41, 5.74) is 1.61. The number of carbonyl (C=O) groups excluding carboxylic acids is 1. The van der Waals surface area contributed by atoms with E-state index in [1.807, 2.05) is 43.3 Å². The van der Waals surface area contributed by atoms with Crippen LogP contribution in [0, 0.1) is 6.92 Å². The molecule has 1 amide bonds. The number of anilines is 4. The lowest BCUT2D eigenvalue weighted by Crippen LogP contribution is -2.44. The monoisotopic (exact) mass is 450 g/mol. The van der Waals surface area contributed by atoms with E-state index in [1.54, 1.807) is 0 Å². The normalized spacial score (nSPS) is 14.2. The highest BCUT2D eigenvalue weighted by Crippen LogP contribution is 2.30. The van der Waals surface area contributed by atoms with Gasteiger partial charge in [0.25, 0.3) is 0 Å². The molecule has 9 nitrogen and oxygen atoms in total. The summed E-state index contributed by atoms with van der Waals surface area (Å²) < 4.78 is 0. The molecule has 1 saturated heterocycles. The van der Waals surface area contributed by atoms with Crippen molar-refractivity contribution in [2.75, 3.05) is 48.8 Å². The van der Waals surface area contributed by atoms with Crippen molar-refractivity contribution in [1.29, 1.82) is 0 Å². The fourth-order valence-corrected chi connectivity index (χ4v) is 4.02. The van der Waals surface area contributed by atoms with Crippen LogP contribution >= 0.6 is 11.8 Å². The molecule has 1 aliphatic rings. The van der Waals surface area contributed by atoms with E-state index < -0.39 is 0 Å². The maximum absolute atomic E-state index is 11.5. The van der Waals surface area contributed by atoms with Gasteiger partial charge in [0.15, 0.2) is 5.16 Å². The van der Waals surface area contributed by atoms with Crippen LogP contribution in [0.25, 0.3) is 0 Å². The molecular formula is C22H26N8OS. The van der Waals surface area contributed by atoms with Gasteiger partial charge in [-0.3, -0.25) is 9.89 Å². The smallest absolute Gasteiger partial charge is 0.247 e. The first-order valence-electron chi connectivity index (χ1n) is 10.3. The highest BCUT2D eigenvalue weighted by molar-refractivity contribution is 7.99. The molecule has 1 aliphatic heterocycles. The number of likely N-dealkylation sites (N-methyl/N-ethyl adjacent to an activating group) is 1. The maximum Gasteiger partial charge on any atom is 0.247 e. The van der Waals surface area contributed by atoms with Crippen molar-refractivity contribution in [3.8, 4) is 0 Å². The molecule has 1 fully saturated rings. The van der Waals surface area contributed by atoms with E-state index in [-0.39, 0.29) is 5.91 Å². The molecule has 0 aliphatic carbocycles. The average Bonchev–Trinajstić information content (AvgIpc) is 3.19. The number of H-pyrrole nitrogens is 1. The topological polar surface area (TPSA) is 102 Å². The first kappa shape index (κ1) is 21.8. The minimum atomic E-state index is -0.238. The van der Waals surface area contributed by atoms with Gasteiger partial charge < -0.3 is 20.4 Å². The van der Waals surface area contributed by atoms with Crippen molar-refractivity contribution in [3.63, 3.8) is 0 Å². The summed E-state index contributed by atoms with van der Waals surface area (Å²) in [6.07, 6.45) is 1.25. The summed E-state index contributed by atoms with van der Waals surface area (Å²) in [6, 6.07) is 11.5. The van der Waals surface area contributed by atoms with E-state index in [0.29, 0.717) is 16.7 Å². The molecule has 2 aromatic heterocycles. The Hall–Kier alpha value is -3.37.